The average Bonchev–Trinajstić information content (AvgIpc) is 3.07. The first-order valence-corrected chi connectivity index (χ1v) is 11.8. The molecule has 1 aliphatic rings. The molecular weight excluding hydrogens is 392 g/mol. The minimum absolute atomic E-state index is 0.177. The van der Waals surface area contributed by atoms with Gasteiger partial charge in [0.1, 0.15) is 11.9 Å². The third-order valence-electron chi connectivity index (χ3n) is 5.00. The van der Waals surface area contributed by atoms with Crippen LogP contribution in [0.3, 0.4) is 0 Å². The van der Waals surface area contributed by atoms with Gasteiger partial charge in [-0.15, -0.1) is 0 Å². The first-order valence-electron chi connectivity index (χ1n) is 11.8. The molecule has 2 aromatic carbocycles. The lowest BCUT2D eigenvalue weighted by atomic mass is 10.1. The Labute approximate surface area is 196 Å². The van der Waals surface area contributed by atoms with E-state index in [9.17, 15) is 0 Å². The Hall–Kier alpha value is -3.01. The van der Waals surface area contributed by atoms with Gasteiger partial charge in [0.05, 0.1) is 5.70 Å². The van der Waals surface area contributed by atoms with Gasteiger partial charge in [0.25, 0.3) is 0 Å². The zero-order valence-electron chi connectivity index (χ0n) is 21.1. The molecule has 1 heterocycles. The summed E-state index contributed by atoms with van der Waals surface area (Å²) in [5.74, 6) is 0.855. The van der Waals surface area contributed by atoms with Crippen LogP contribution in [0.5, 0.6) is 0 Å². The van der Waals surface area contributed by atoms with E-state index in [0.29, 0.717) is 0 Å². The van der Waals surface area contributed by atoms with E-state index < -0.39 is 0 Å². The molecule has 1 atom stereocenters. The van der Waals surface area contributed by atoms with Crippen LogP contribution in [0.25, 0.3) is 5.70 Å². The molecule has 0 spiro atoms. The Morgan fingerprint density at radius 2 is 1.59 bits per heavy atom. The number of amidine groups is 1. The molecule has 1 saturated heterocycles. The van der Waals surface area contributed by atoms with E-state index in [1.54, 1.807) is 6.20 Å². The molecule has 1 aliphatic heterocycles. The van der Waals surface area contributed by atoms with Crippen molar-refractivity contribution in [3.8, 4) is 0 Å². The van der Waals surface area contributed by atoms with Crippen molar-refractivity contribution in [1.29, 1.82) is 0 Å². The van der Waals surface area contributed by atoms with Gasteiger partial charge in [0.15, 0.2) is 5.84 Å². The number of nitrogens with zero attached hydrogens (tertiary/aromatic N) is 3. The monoisotopic (exact) mass is 434 g/mol. The van der Waals surface area contributed by atoms with Gasteiger partial charge < -0.3 is 15.5 Å². The molecule has 2 aromatic rings. The second-order valence-electron chi connectivity index (χ2n) is 7.54. The van der Waals surface area contributed by atoms with Gasteiger partial charge >= 0.3 is 0 Å². The molecule has 1 fully saturated rings. The molecule has 3 rings (SSSR count). The van der Waals surface area contributed by atoms with Crippen molar-refractivity contribution in [2.45, 2.75) is 67.0 Å². The maximum Gasteiger partial charge on any atom is 0.156 e. The van der Waals surface area contributed by atoms with Crippen molar-refractivity contribution in [2.24, 2.45) is 10.7 Å². The maximum absolute atomic E-state index is 6.08. The van der Waals surface area contributed by atoms with Crippen molar-refractivity contribution in [3.05, 3.63) is 84.2 Å². The quantitative estimate of drug-likeness (QED) is 0.542. The summed E-state index contributed by atoms with van der Waals surface area (Å²) in [6, 6.07) is 18.5. The van der Waals surface area contributed by atoms with Crippen LogP contribution in [-0.4, -0.2) is 23.9 Å². The molecule has 174 valence electrons. The zero-order chi connectivity index (χ0) is 24.1. The highest BCUT2D eigenvalue weighted by atomic mass is 15.4. The molecule has 32 heavy (non-hydrogen) atoms. The van der Waals surface area contributed by atoms with Crippen LogP contribution in [0.4, 0.5) is 5.69 Å². The lowest BCUT2D eigenvalue weighted by molar-refractivity contribution is 0.372. The highest BCUT2D eigenvalue weighted by molar-refractivity contribution is 6.06. The topological polar surface area (TPSA) is 44.9 Å². The second kappa shape index (κ2) is 14.1. The highest BCUT2D eigenvalue weighted by Gasteiger charge is 2.38. The molecule has 0 amide bonds. The fraction of sp³-hybridized carbons (Fsp3) is 0.393. The molecule has 0 radical (unpaired) electrons. The molecule has 1 unspecified atom stereocenters. The standard InChI is InChI=1S/C23H28N4.C3H8.C2H6/c1-5-11-22-26(4)23(25-18(3)20-15-10-9-12-17(20)2)21(16-24)27(22)19-13-7-6-8-14-19;1-3-2;1-2/h6-10,12-16,22H,3,5,11,24H2,1-2,4H3;3H2,1-2H3;1-2H3/b21-16+,25-23?;;. The third kappa shape index (κ3) is 6.49. The Balaban J connectivity index is 0.000000944. The highest BCUT2D eigenvalue weighted by Crippen LogP contribution is 2.34. The first kappa shape index (κ1) is 27.0. The number of rotatable bonds is 5. The van der Waals surface area contributed by atoms with E-state index in [0.717, 1.165) is 46.9 Å². The molecule has 0 aromatic heterocycles. The number of hydrogen-bond acceptors (Lipinski definition) is 3. The van der Waals surface area contributed by atoms with Crippen molar-refractivity contribution < 1.29 is 0 Å². The predicted octanol–water partition coefficient (Wildman–Crippen LogP) is 7.19. The summed E-state index contributed by atoms with van der Waals surface area (Å²) in [6.07, 6.45) is 5.17. The summed E-state index contributed by atoms with van der Waals surface area (Å²) in [5, 5.41) is 0. The van der Waals surface area contributed by atoms with Crippen molar-refractivity contribution in [3.63, 3.8) is 0 Å². The smallest absolute Gasteiger partial charge is 0.156 e. The van der Waals surface area contributed by atoms with Gasteiger partial charge in [0, 0.05) is 24.5 Å². The molecule has 2 N–H and O–H groups in total. The molecule has 0 bridgehead atoms. The number of benzene rings is 2. The van der Waals surface area contributed by atoms with E-state index in [-0.39, 0.29) is 6.17 Å². The lowest BCUT2D eigenvalue weighted by Gasteiger charge is -2.29. The van der Waals surface area contributed by atoms with Crippen LogP contribution < -0.4 is 10.6 Å². The number of aryl methyl sites for hydroxylation is 1. The summed E-state index contributed by atoms with van der Waals surface area (Å²) in [6.45, 7) is 16.7. The SMILES string of the molecule is C=C(N=C1/C(=C\N)N(c2ccccc2)C(CCC)N1C)c1ccccc1C.CC.CCC. The van der Waals surface area contributed by atoms with Gasteiger partial charge in [0.2, 0.25) is 0 Å². The van der Waals surface area contributed by atoms with E-state index in [1.807, 2.05) is 44.2 Å². The minimum atomic E-state index is 0.177. The molecule has 0 aliphatic carbocycles. The maximum atomic E-state index is 6.08. The Bertz CT molecular complexity index is 883. The number of hydrogen-bond donors (Lipinski definition) is 1. The predicted molar refractivity (Wildman–Crippen MR) is 143 cm³/mol. The van der Waals surface area contributed by atoms with E-state index in [1.165, 1.54) is 6.42 Å². The van der Waals surface area contributed by atoms with Gasteiger partial charge in [-0.2, -0.15) is 0 Å². The third-order valence-corrected chi connectivity index (χ3v) is 5.00. The Morgan fingerprint density at radius 3 is 2.12 bits per heavy atom. The van der Waals surface area contributed by atoms with Gasteiger partial charge in [-0.1, -0.05) is 96.5 Å². The van der Waals surface area contributed by atoms with Crippen LogP contribution in [0.15, 0.2) is 78.1 Å². The van der Waals surface area contributed by atoms with Gasteiger partial charge in [-0.25, -0.2) is 4.99 Å². The average molecular weight is 435 g/mol. The summed E-state index contributed by atoms with van der Waals surface area (Å²) in [4.78, 5) is 9.39. The van der Waals surface area contributed by atoms with E-state index in [4.69, 9.17) is 10.7 Å². The molecular formula is C28H42N4. The lowest BCUT2D eigenvalue weighted by Crippen LogP contribution is -2.37. The van der Waals surface area contributed by atoms with Crippen LogP contribution >= 0.6 is 0 Å². The van der Waals surface area contributed by atoms with Crippen LogP contribution in [0.2, 0.25) is 0 Å². The number of likely N-dealkylation sites (N-methyl/N-ethyl adjacent to an activating group) is 1. The van der Waals surface area contributed by atoms with Gasteiger partial charge in [-0.05, 0) is 31.0 Å². The Morgan fingerprint density at radius 1 is 1.03 bits per heavy atom. The number of para-hydroxylation sites is 1. The van der Waals surface area contributed by atoms with Crippen molar-refractivity contribution in [1.82, 2.24) is 4.90 Å². The zero-order valence-corrected chi connectivity index (χ0v) is 21.1. The normalized spacial score (nSPS) is 17.5. The Kier molecular flexibility index (Phi) is 11.9. The molecule has 4 nitrogen and oxygen atoms in total. The largest absolute Gasteiger partial charge is 0.403 e. The van der Waals surface area contributed by atoms with Gasteiger partial charge in [-0.3, -0.25) is 0 Å². The van der Waals surface area contributed by atoms with Crippen molar-refractivity contribution in [2.75, 3.05) is 11.9 Å². The molecule has 0 saturated carbocycles. The summed E-state index contributed by atoms with van der Waals surface area (Å²) in [5.41, 5.74) is 11.1. The fourth-order valence-electron chi connectivity index (χ4n) is 3.62. The second-order valence-corrected chi connectivity index (χ2v) is 7.54. The summed E-state index contributed by atoms with van der Waals surface area (Å²) in [7, 11) is 2.08. The fourth-order valence-corrected chi connectivity index (χ4v) is 3.62. The van der Waals surface area contributed by atoms with Crippen LogP contribution in [-0.2, 0) is 0 Å². The number of aliphatic imine (C=N–C) groups is 1. The van der Waals surface area contributed by atoms with Crippen LogP contribution in [0, 0.1) is 6.92 Å². The van der Waals surface area contributed by atoms with Crippen molar-refractivity contribution >= 4 is 17.2 Å². The van der Waals surface area contributed by atoms with E-state index >= 15 is 0 Å². The van der Waals surface area contributed by atoms with E-state index in [2.05, 4.69) is 75.4 Å². The number of nitrogens with two attached hydrogens (primary N) is 1. The number of anilines is 1. The first-order chi connectivity index (χ1) is 15.5. The van der Waals surface area contributed by atoms with Crippen LogP contribution in [0.1, 0.15) is 65.0 Å². The summed E-state index contributed by atoms with van der Waals surface area (Å²) < 4.78 is 0. The summed E-state index contributed by atoms with van der Waals surface area (Å²) >= 11 is 0. The minimum Gasteiger partial charge on any atom is -0.403 e. The molecule has 4 heteroatoms.